The van der Waals surface area contributed by atoms with Crippen molar-refractivity contribution in [2.24, 2.45) is 16.7 Å². The summed E-state index contributed by atoms with van der Waals surface area (Å²) in [6.45, 7) is 21.0. The lowest BCUT2D eigenvalue weighted by molar-refractivity contribution is -0.275. The second kappa shape index (κ2) is 22.4. The van der Waals surface area contributed by atoms with Crippen molar-refractivity contribution in [1.29, 1.82) is 0 Å². The van der Waals surface area contributed by atoms with Crippen LogP contribution in [0.1, 0.15) is 95.1 Å². The molecule has 9 nitrogen and oxygen atoms in total. The van der Waals surface area contributed by atoms with Gasteiger partial charge in [-0.2, -0.15) is 0 Å². The van der Waals surface area contributed by atoms with Gasteiger partial charge in [-0.05, 0) is 96.0 Å². The lowest BCUT2D eigenvalue weighted by Gasteiger charge is -2.50. The fourth-order valence-corrected chi connectivity index (χ4v) is 9.76. The third-order valence-electron chi connectivity index (χ3n) is 13.4. The summed E-state index contributed by atoms with van der Waals surface area (Å²) in [5.74, 6) is 0.0527. The predicted octanol–water partition coefficient (Wildman–Crippen LogP) is 10.4. The molecule has 3 fully saturated rings. The molecule has 0 saturated carbocycles. The summed E-state index contributed by atoms with van der Waals surface area (Å²) >= 11 is 0. The smallest absolute Gasteiger partial charge is 0.437 e. The summed E-state index contributed by atoms with van der Waals surface area (Å²) in [6, 6.07) is 32.5. The first-order valence-corrected chi connectivity index (χ1v) is 23.7. The Hall–Kier alpha value is -4.61. The summed E-state index contributed by atoms with van der Waals surface area (Å²) in [7, 11) is -0.457. The van der Waals surface area contributed by atoms with Crippen LogP contribution in [0, 0.1) is 16.7 Å². The maximum Gasteiger partial charge on any atom is 0.573 e. The number of piperidine rings is 1. The molecule has 3 heterocycles. The Morgan fingerprint density at radius 2 is 1.07 bits per heavy atom. The molecule has 0 radical (unpaired) electrons. The summed E-state index contributed by atoms with van der Waals surface area (Å²) < 4.78 is 83.7. The number of nitrogens with zero attached hydrogens (tertiary/aromatic N) is 4. The van der Waals surface area contributed by atoms with E-state index in [-0.39, 0.29) is 46.4 Å². The second-order valence-electron chi connectivity index (χ2n) is 20.5. The van der Waals surface area contributed by atoms with Gasteiger partial charge in [0.1, 0.15) is 11.5 Å². The van der Waals surface area contributed by atoms with Gasteiger partial charge in [-0.1, -0.05) is 126 Å². The number of carbonyl (C=O) groups excluding carboxylic acids is 1. The molecule has 68 heavy (non-hydrogen) atoms. The highest BCUT2D eigenvalue weighted by molar-refractivity contribution is 6.45. The first-order valence-electron chi connectivity index (χ1n) is 23.7. The number of piperazine rings is 2. The molecule has 1 amide bonds. The molecular formula is C52H68BF6N5O4. The van der Waals surface area contributed by atoms with Crippen molar-refractivity contribution in [1.82, 2.24) is 24.8 Å². The molecule has 0 spiro atoms. The molecule has 4 aromatic carbocycles. The first kappa shape index (κ1) is 52.8. The van der Waals surface area contributed by atoms with Gasteiger partial charge in [0.25, 0.3) is 0 Å². The minimum absolute atomic E-state index is 0.0203. The average molecular weight is 952 g/mol. The van der Waals surface area contributed by atoms with Gasteiger partial charge in [0, 0.05) is 57.8 Å². The normalized spacial score (nSPS) is 20.5. The van der Waals surface area contributed by atoms with Gasteiger partial charge < -0.3 is 29.5 Å². The molecule has 16 heteroatoms. The molecule has 0 aromatic heterocycles. The Labute approximate surface area is 398 Å². The van der Waals surface area contributed by atoms with Crippen LogP contribution < -0.4 is 14.8 Å². The molecule has 370 valence electrons. The molecule has 2 N–H and O–H groups in total. The average Bonchev–Trinajstić information content (AvgIpc) is 3.27. The summed E-state index contributed by atoms with van der Waals surface area (Å²) in [6.07, 6.45) is -7.10. The van der Waals surface area contributed by atoms with Crippen LogP contribution >= 0.6 is 0 Å². The first-order chi connectivity index (χ1) is 31.9. The van der Waals surface area contributed by atoms with Crippen LogP contribution in [0.4, 0.5) is 26.3 Å². The molecule has 4 atom stereocenters. The zero-order valence-corrected chi connectivity index (χ0v) is 40.4. The maximum absolute atomic E-state index is 13.6. The number of rotatable bonds is 11. The van der Waals surface area contributed by atoms with Crippen molar-refractivity contribution < 1.29 is 45.6 Å². The van der Waals surface area contributed by atoms with Gasteiger partial charge in [0.05, 0.1) is 12.1 Å². The third kappa shape index (κ3) is 14.9. The number of carbonyl (C=O) groups is 1. The highest BCUT2D eigenvalue weighted by Crippen LogP contribution is 2.38. The van der Waals surface area contributed by atoms with Crippen LogP contribution in [-0.4, -0.2) is 115 Å². The van der Waals surface area contributed by atoms with Gasteiger partial charge in [-0.3, -0.25) is 14.6 Å². The largest absolute Gasteiger partial charge is 0.573 e. The number of alkyl halides is 6. The van der Waals surface area contributed by atoms with Crippen molar-refractivity contribution >= 4 is 13.0 Å². The van der Waals surface area contributed by atoms with E-state index in [1.165, 1.54) is 24.3 Å². The Bertz CT molecular complexity index is 2160. The van der Waals surface area contributed by atoms with Crippen LogP contribution in [0.25, 0.3) is 0 Å². The minimum Gasteiger partial charge on any atom is -0.437 e. The topological polar surface area (TPSA) is 80.8 Å². The van der Waals surface area contributed by atoms with E-state index in [1.54, 1.807) is 31.1 Å². The predicted molar refractivity (Wildman–Crippen MR) is 255 cm³/mol. The maximum atomic E-state index is 13.6. The van der Waals surface area contributed by atoms with E-state index in [1.807, 2.05) is 53.3 Å². The van der Waals surface area contributed by atoms with Crippen LogP contribution in [0.3, 0.4) is 0 Å². The van der Waals surface area contributed by atoms with E-state index < -0.39 is 19.8 Å². The number of hydrogen-bond acceptors (Lipinski definition) is 8. The fraction of sp³-hybridized carbons (Fsp3) is 0.519. The monoisotopic (exact) mass is 952 g/mol. The Morgan fingerprint density at radius 1 is 0.632 bits per heavy atom. The van der Waals surface area contributed by atoms with Gasteiger partial charge in [-0.25, -0.2) is 0 Å². The van der Waals surface area contributed by atoms with Gasteiger partial charge >= 0.3 is 19.8 Å². The van der Waals surface area contributed by atoms with Crippen LogP contribution in [0.2, 0.25) is 6.82 Å². The number of ether oxygens (including phenoxy) is 2. The summed E-state index contributed by atoms with van der Waals surface area (Å²) in [5.41, 5.74) is 3.94. The number of hydrogen-bond donors (Lipinski definition) is 2. The van der Waals surface area contributed by atoms with Crippen molar-refractivity contribution in [2.75, 3.05) is 52.4 Å². The van der Waals surface area contributed by atoms with Crippen molar-refractivity contribution in [3.8, 4) is 11.5 Å². The highest BCUT2D eigenvalue weighted by Gasteiger charge is 2.41. The molecule has 3 aliphatic heterocycles. The van der Waals surface area contributed by atoms with Crippen LogP contribution in [0.5, 0.6) is 11.5 Å². The number of halogens is 6. The van der Waals surface area contributed by atoms with Gasteiger partial charge in [0.2, 0.25) is 5.91 Å². The van der Waals surface area contributed by atoms with E-state index in [0.717, 1.165) is 67.8 Å². The zero-order valence-electron chi connectivity index (χ0n) is 40.4. The molecular weight excluding hydrogens is 883 g/mol. The lowest BCUT2D eigenvalue weighted by Crippen LogP contribution is -2.60. The number of amides is 1. The van der Waals surface area contributed by atoms with E-state index >= 15 is 0 Å². The SMILES string of the molecule is CB(O)N1CCC(CC(=O)N2CCN(C(c3ccccc3)c3ccc(OC(F)(F)F)cc3)C[C@@H]2C(C)(C)C)CC1.CC(C)(C)[C@H]1CN(C(c2ccccc2)c2ccc(OC(F)(F)F)cc2)CCN1. The molecule has 3 saturated heterocycles. The van der Waals surface area contributed by atoms with Crippen molar-refractivity contribution in [3.63, 3.8) is 0 Å². The molecule has 7 rings (SSSR count). The van der Waals surface area contributed by atoms with E-state index in [4.69, 9.17) is 0 Å². The third-order valence-corrected chi connectivity index (χ3v) is 13.4. The van der Waals surface area contributed by atoms with Crippen molar-refractivity contribution in [3.05, 3.63) is 131 Å². The molecule has 0 aliphatic carbocycles. The lowest BCUT2D eigenvalue weighted by atomic mass is 9.80. The van der Waals surface area contributed by atoms with Crippen LogP contribution in [0.15, 0.2) is 109 Å². The molecule has 3 aliphatic rings. The Kier molecular flexibility index (Phi) is 17.4. The quantitative estimate of drug-likeness (QED) is 0.114. The van der Waals surface area contributed by atoms with Crippen molar-refractivity contribution in [2.45, 2.75) is 105 Å². The summed E-state index contributed by atoms with van der Waals surface area (Å²) in [4.78, 5) is 22.5. The molecule has 0 bridgehead atoms. The van der Waals surface area contributed by atoms with E-state index in [9.17, 15) is 36.2 Å². The van der Waals surface area contributed by atoms with Gasteiger partial charge in [-0.15, -0.1) is 26.3 Å². The summed E-state index contributed by atoms with van der Waals surface area (Å²) in [5, 5.41) is 13.5. The molecule has 2 unspecified atom stereocenters. The number of nitrogens with one attached hydrogen (secondary N) is 1. The zero-order chi connectivity index (χ0) is 49.4. The minimum atomic E-state index is -4.74. The fourth-order valence-electron chi connectivity index (χ4n) is 9.76. The molecule has 4 aromatic rings. The standard InChI is InChI=1S/C30H41BF3N3O3.C22H27F3N2O/c1-29(2,3)26-21-35(18-19-37(26)27(38)20-22-14-16-36(17-15-22)31(4)39)28(23-8-6-5-7-9-23)24-10-12-25(13-11-24)40-30(32,33)34;1-21(2,3)19-15-27(14-13-26-19)20(16-7-5-4-6-8-16)17-9-11-18(12-10-17)28-22(23,24)25/h5-13,22,26,28,39H,14-21H2,1-4H3;4-12,19-20,26H,13-15H2,1-3H3/t26-,28?;19-,20?/m11/s1. The number of benzene rings is 4. The van der Waals surface area contributed by atoms with E-state index in [2.05, 4.69) is 83.2 Å². The Balaban J connectivity index is 0.000000238. The van der Waals surface area contributed by atoms with E-state index in [0.29, 0.717) is 38.0 Å². The van der Waals surface area contributed by atoms with Crippen LogP contribution in [-0.2, 0) is 4.79 Å². The highest BCUT2D eigenvalue weighted by atomic mass is 19.4. The second-order valence-corrected chi connectivity index (χ2v) is 20.5. The van der Waals surface area contributed by atoms with Gasteiger partial charge in [0.15, 0.2) is 0 Å². The Morgan fingerprint density at radius 3 is 1.49 bits per heavy atom.